The second-order valence-corrected chi connectivity index (χ2v) is 8.38. The van der Waals surface area contributed by atoms with Gasteiger partial charge in [0, 0.05) is 23.6 Å². The van der Waals surface area contributed by atoms with Gasteiger partial charge in [0.2, 0.25) is 5.91 Å². The number of nitrogens with zero attached hydrogens (tertiary/aromatic N) is 2. The van der Waals surface area contributed by atoms with Gasteiger partial charge in [0.25, 0.3) is 5.91 Å². The maximum absolute atomic E-state index is 13.4. The predicted molar refractivity (Wildman–Crippen MR) is 111 cm³/mol. The molecule has 2 amide bonds. The summed E-state index contributed by atoms with van der Waals surface area (Å²) in [6.45, 7) is 0.382. The van der Waals surface area contributed by atoms with Gasteiger partial charge in [-0.15, -0.1) is 11.8 Å². The van der Waals surface area contributed by atoms with Crippen molar-refractivity contribution in [3.63, 3.8) is 0 Å². The number of hydrogen-bond acceptors (Lipinski definition) is 6. The van der Waals surface area contributed by atoms with E-state index in [0.717, 1.165) is 0 Å². The third kappa shape index (κ3) is 4.92. The van der Waals surface area contributed by atoms with Gasteiger partial charge in [-0.1, -0.05) is 6.07 Å². The zero-order valence-electron chi connectivity index (χ0n) is 17.1. The van der Waals surface area contributed by atoms with Crippen molar-refractivity contribution in [2.75, 3.05) is 17.2 Å². The number of carboxylic acid groups (broad SMARTS) is 2. The van der Waals surface area contributed by atoms with E-state index in [1.807, 2.05) is 0 Å². The molecule has 2 saturated heterocycles. The molecular formula is C20H17F4N3O6S. The fraction of sp³-hybridized carbons (Fsp3) is 0.300. The number of thioether (sulfide) groups is 1. The highest BCUT2D eigenvalue weighted by Crippen LogP contribution is 2.40. The molecule has 0 aromatic heterocycles. The van der Waals surface area contributed by atoms with Gasteiger partial charge >= 0.3 is 18.1 Å². The smallest absolute Gasteiger partial charge is 0.477 e. The Labute approximate surface area is 193 Å². The molecule has 1 aromatic rings. The molecule has 0 spiro atoms. The first-order valence-corrected chi connectivity index (χ1v) is 10.6. The number of nitrogens with two attached hydrogens (primary N) is 1. The Kier molecular flexibility index (Phi) is 7.02. The molecule has 1 aromatic carbocycles. The largest absolute Gasteiger partial charge is 0.490 e. The van der Waals surface area contributed by atoms with Gasteiger partial charge in [-0.05, 0) is 36.3 Å². The van der Waals surface area contributed by atoms with Crippen molar-refractivity contribution in [1.29, 1.82) is 0 Å². The lowest BCUT2D eigenvalue weighted by Crippen LogP contribution is -2.68. The molecule has 0 aliphatic carbocycles. The van der Waals surface area contributed by atoms with Crippen molar-refractivity contribution in [1.82, 2.24) is 4.90 Å². The van der Waals surface area contributed by atoms with Gasteiger partial charge in [-0.3, -0.25) is 14.5 Å². The fourth-order valence-corrected chi connectivity index (χ4v) is 4.75. The van der Waals surface area contributed by atoms with Crippen molar-refractivity contribution in [3.05, 3.63) is 53.0 Å². The lowest BCUT2D eigenvalue weighted by atomic mass is 10.0. The van der Waals surface area contributed by atoms with E-state index in [1.54, 1.807) is 12.1 Å². The summed E-state index contributed by atoms with van der Waals surface area (Å²) in [6.07, 6.45) is -3.13. The van der Waals surface area contributed by atoms with Crippen LogP contribution in [0.25, 0.3) is 0 Å². The molecule has 0 unspecified atom stereocenters. The van der Waals surface area contributed by atoms with Crippen LogP contribution in [-0.4, -0.2) is 68.8 Å². The molecule has 14 heteroatoms. The van der Waals surface area contributed by atoms with Crippen LogP contribution in [0.3, 0.4) is 0 Å². The van der Waals surface area contributed by atoms with E-state index in [0.29, 0.717) is 35.6 Å². The molecule has 3 aliphatic heterocycles. The molecule has 4 N–H and O–H groups in total. The second kappa shape index (κ2) is 9.46. The number of benzene rings is 1. The number of rotatable bonds is 3. The topological polar surface area (TPSA) is 141 Å². The third-order valence-electron chi connectivity index (χ3n) is 5.08. The minimum Gasteiger partial charge on any atom is -0.477 e. The second-order valence-electron chi connectivity index (χ2n) is 7.27. The van der Waals surface area contributed by atoms with Gasteiger partial charge in [0.15, 0.2) is 0 Å². The summed E-state index contributed by atoms with van der Waals surface area (Å²) in [5.41, 5.74) is 6.92. The van der Waals surface area contributed by atoms with Crippen LogP contribution in [-0.2, 0) is 19.2 Å². The summed E-state index contributed by atoms with van der Waals surface area (Å²) in [4.78, 5) is 47.9. The average Bonchev–Trinajstić information content (AvgIpc) is 3.12. The van der Waals surface area contributed by atoms with Crippen LogP contribution in [0.5, 0.6) is 0 Å². The van der Waals surface area contributed by atoms with E-state index in [4.69, 9.17) is 15.6 Å². The highest BCUT2D eigenvalue weighted by atomic mass is 32.2. The lowest BCUT2D eigenvalue weighted by Gasteiger charge is -2.47. The number of carbonyl (C=O) groups excluding carboxylic acids is 2. The molecule has 182 valence electrons. The number of carbonyl (C=O) groups is 4. The monoisotopic (exact) mass is 503 g/mol. The molecule has 3 aliphatic rings. The quantitative estimate of drug-likeness (QED) is 0.322. The Morgan fingerprint density at radius 1 is 1.21 bits per heavy atom. The van der Waals surface area contributed by atoms with E-state index in [-0.39, 0.29) is 17.0 Å². The molecular weight excluding hydrogens is 486 g/mol. The van der Waals surface area contributed by atoms with E-state index >= 15 is 0 Å². The Morgan fingerprint density at radius 3 is 2.41 bits per heavy atom. The summed E-state index contributed by atoms with van der Waals surface area (Å²) in [5.74, 6) is -4.79. The highest BCUT2D eigenvalue weighted by molar-refractivity contribution is 8.00. The Morgan fingerprint density at radius 2 is 1.85 bits per heavy atom. The molecule has 0 radical (unpaired) electrons. The summed E-state index contributed by atoms with van der Waals surface area (Å²) >= 11 is 1.38. The number of anilines is 1. The minimum atomic E-state index is -5.08. The highest BCUT2D eigenvalue weighted by Gasteiger charge is 2.51. The first-order chi connectivity index (χ1) is 15.8. The number of aliphatic carboxylic acids is 2. The van der Waals surface area contributed by atoms with Crippen molar-refractivity contribution >= 4 is 41.2 Å². The van der Waals surface area contributed by atoms with Gasteiger partial charge in [0.1, 0.15) is 22.9 Å². The zero-order valence-corrected chi connectivity index (χ0v) is 17.9. The van der Waals surface area contributed by atoms with Gasteiger partial charge < -0.3 is 20.8 Å². The van der Waals surface area contributed by atoms with Crippen molar-refractivity contribution in [2.45, 2.75) is 24.0 Å². The summed E-state index contributed by atoms with van der Waals surface area (Å²) in [6, 6.07) is 5.06. The van der Waals surface area contributed by atoms with Crippen LogP contribution in [0.4, 0.5) is 23.2 Å². The fourth-order valence-electron chi connectivity index (χ4n) is 3.50. The number of halogens is 4. The first-order valence-electron chi connectivity index (χ1n) is 9.57. The summed E-state index contributed by atoms with van der Waals surface area (Å²) in [7, 11) is 0. The van der Waals surface area contributed by atoms with E-state index in [9.17, 15) is 37.1 Å². The summed E-state index contributed by atoms with van der Waals surface area (Å²) < 4.78 is 45.2. The minimum absolute atomic E-state index is 0.116. The Hall–Kier alpha value is -3.39. The van der Waals surface area contributed by atoms with Gasteiger partial charge in [-0.2, -0.15) is 13.2 Å². The predicted octanol–water partition coefficient (Wildman–Crippen LogP) is 1.70. The molecule has 0 saturated carbocycles. The number of allylic oxidation sites excluding steroid dienone is 1. The van der Waals surface area contributed by atoms with Gasteiger partial charge in [0.05, 0.1) is 0 Å². The van der Waals surface area contributed by atoms with E-state index < -0.39 is 35.9 Å². The maximum atomic E-state index is 13.4. The van der Waals surface area contributed by atoms with Gasteiger partial charge in [-0.25, -0.2) is 14.0 Å². The van der Waals surface area contributed by atoms with Crippen LogP contribution >= 0.6 is 11.8 Å². The lowest BCUT2D eigenvalue weighted by molar-refractivity contribution is -0.192. The average molecular weight is 503 g/mol. The number of amides is 2. The van der Waals surface area contributed by atoms with Crippen LogP contribution in [0, 0.1) is 5.82 Å². The molecule has 34 heavy (non-hydrogen) atoms. The van der Waals surface area contributed by atoms with E-state index in [2.05, 4.69) is 0 Å². The number of hydrogen-bond donors (Lipinski definition) is 3. The van der Waals surface area contributed by atoms with Crippen LogP contribution < -0.4 is 10.6 Å². The van der Waals surface area contributed by atoms with Crippen LogP contribution in [0.15, 0.2) is 47.2 Å². The Bertz CT molecular complexity index is 1120. The number of alkyl halides is 3. The number of β-lactam (4-membered cyclic amide) rings is 1. The first kappa shape index (κ1) is 25.2. The standard InChI is InChI=1S/C18H16FN3O4S.C2HF3O2/c19-11-2-1-3-12(7-11)21-5-4-9(15(21)23)6-10-8-27-17-13(20)16(24)22(17)14(10)18(25)26;3-2(4,5)1(6)7/h1-3,6-7,13,17H,4-5,8,20H2,(H,25,26);(H,6,7)/t13-,17-;/m1./s1. The molecule has 4 rings (SSSR count). The third-order valence-corrected chi connectivity index (χ3v) is 6.40. The zero-order chi connectivity index (χ0) is 25.4. The number of fused-ring (bicyclic) bond motifs is 1. The molecule has 3 heterocycles. The molecule has 2 atom stereocenters. The van der Waals surface area contributed by atoms with Crippen LogP contribution in [0.1, 0.15) is 6.42 Å². The summed E-state index contributed by atoms with van der Waals surface area (Å²) in [5, 5.41) is 16.3. The molecule has 2 fully saturated rings. The van der Waals surface area contributed by atoms with Crippen molar-refractivity contribution < 1.29 is 47.0 Å². The van der Waals surface area contributed by atoms with Crippen molar-refractivity contribution in [3.8, 4) is 0 Å². The Balaban J connectivity index is 0.000000406. The van der Waals surface area contributed by atoms with Crippen molar-refractivity contribution in [2.24, 2.45) is 5.73 Å². The van der Waals surface area contributed by atoms with E-state index in [1.165, 1.54) is 39.8 Å². The van der Waals surface area contributed by atoms with Crippen LogP contribution in [0.2, 0.25) is 0 Å². The maximum Gasteiger partial charge on any atom is 0.490 e. The molecule has 0 bridgehead atoms. The molecule has 9 nitrogen and oxygen atoms in total. The number of carboxylic acids is 2. The SMILES string of the molecule is N[C@@H]1C(=O)N2C(C(=O)O)=C(C=C3CCN(c4cccc(F)c4)C3=O)CS[C@H]12.O=C(O)C(F)(F)F. The normalized spacial score (nSPS) is 23.4.